The highest BCUT2D eigenvalue weighted by Gasteiger charge is 2.29. The number of morpholine rings is 1. The van der Waals surface area contributed by atoms with Gasteiger partial charge in [-0.3, -0.25) is 9.59 Å². The van der Waals surface area contributed by atoms with Crippen LogP contribution in [0.25, 0.3) is 0 Å². The third-order valence-corrected chi connectivity index (χ3v) is 5.15. The number of benzene rings is 1. The molecule has 1 atom stereocenters. The fourth-order valence-corrected chi connectivity index (χ4v) is 3.52. The van der Waals surface area contributed by atoms with E-state index >= 15 is 0 Å². The minimum Gasteiger partial charge on any atom is -0.497 e. The number of carbonyl (C=O) groups excluding carboxylic acids is 2. The van der Waals surface area contributed by atoms with Gasteiger partial charge in [-0.1, -0.05) is 12.1 Å². The van der Waals surface area contributed by atoms with Crippen molar-refractivity contribution in [2.24, 2.45) is 0 Å². The smallest absolute Gasteiger partial charge is 0.253 e. The van der Waals surface area contributed by atoms with Gasteiger partial charge in [-0.2, -0.15) is 0 Å². The van der Waals surface area contributed by atoms with Gasteiger partial charge in [-0.25, -0.2) is 0 Å². The van der Waals surface area contributed by atoms with Gasteiger partial charge in [0.05, 0.1) is 13.7 Å². The summed E-state index contributed by atoms with van der Waals surface area (Å²) in [6, 6.07) is 7.81. The molecule has 1 unspecified atom stereocenters. The molecule has 28 heavy (non-hydrogen) atoms. The number of ether oxygens (including phenoxy) is 2. The van der Waals surface area contributed by atoms with E-state index in [4.69, 9.17) is 9.47 Å². The van der Waals surface area contributed by atoms with E-state index in [-0.39, 0.29) is 24.2 Å². The monoisotopic (exact) mass is 411 g/mol. The fraction of sp³-hybridized carbons (Fsp3) is 0.600. The van der Waals surface area contributed by atoms with Crippen molar-refractivity contribution in [1.29, 1.82) is 0 Å². The Morgan fingerprint density at radius 1 is 1.14 bits per heavy atom. The molecule has 0 aromatic heterocycles. The maximum Gasteiger partial charge on any atom is 0.253 e. The van der Waals surface area contributed by atoms with Crippen LogP contribution in [0.4, 0.5) is 0 Å². The lowest BCUT2D eigenvalue weighted by atomic mass is 10.1. The molecule has 156 valence electrons. The second-order valence-corrected chi connectivity index (χ2v) is 6.97. The number of methoxy groups -OCH3 is 1. The molecule has 0 saturated carbocycles. The van der Waals surface area contributed by atoms with E-state index in [1.807, 2.05) is 34.1 Å². The number of nitrogens with one attached hydrogen (secondary N) is 1. The van der Waals surface area contributed by atoms with Crippen molar-refractivity contribution in [2.45, 2.75) is 25.4 Å². The van der Waals surface area contributed by atoms with Gasteiger partial charge in [-0.05, 0) is 30.5 Å². The molecular weight excluding hydrogens is 382 g/mol. The SMILES string of the molecule is COc1ccc(CCC(=O)N2CCCN(C(=O)C3CNCCO3)CC2)cc1.Cl. The maximum atomic E-state index is 12.6. The van der Waals surface area contributed by atoms with Crippen LogP contribution in [-0.4, -0.2) is 80.7 Å². The van der Waals surface area contributed by atoms with Crippen LogP contribution >= 0.6 is 12.4 Å². The van der Waals surface area contributed by atoms with Gasteiger partial charge in [0.25, 0.3) is 5.91 Å². The number of amides is 2. The Bertz CT molecular complexity index is 635. The summed E-state index contributed by atoms with van der Waals surface area (Å²) >= 11 is 0. The zero-order valence-electron chi connectivity index (χ0n) is 16.4. The summed E-state index contributed by atoms with van der Waals surface area (Å²) in [5, 5.41) is 3.19. The van der Waals surface area contributed by atoms with Crippen LogP contribution in [0.3, 0.4) is 0 Å². The quantitative estimate of drug-likeness (QED) is 0.785. The van der Waals surface area contributed by atoms with Crippen LogP contribution in [0, 0.1) is 0 Å². The number of hydrogen-bond acceptors (Lipinski definition) is 5. The minimum absolute atomic E-state index is 0. The molecule has 1 aromatic carbocycles. The molecular formula is C20H30ClN3O4. The Morgan fingerprint density at radius 3 is 2.54 bits per heavy atom. The van der Waals surface area contributed by atoms with Crippen molar-refractivity contribution in [3.63, 3.8) is 0 Å². The van der Waals surface area contributed by atoms with Crippen molar-refractivity contribution in [3.05, 3.63) is 29.8 Å². The average Bonchev–Trinajstić information content (AvgIpc) is 2.99. The lowest BCUT2D eigenvalue weighted by Gasteiger charge is -2.29. The highest BCUT2D eigenvalue weighted by Crippen LogP contribution is 2.14. The number of carbonyl (C=O) groups is 2. The molecule has 3 rings (SSSR count). The van der Waals surface area contributed by atoms with Crippen molar-refractivity contribution in [3.8, 4) is 5.75 Å². The first-order chi connectivity index (χ1) is 13.2. The molecule has 1 aromatic rings. The molecule has 2 aliphatic heterocycles. The minimum atomic E-state index is -0.393. The molecule has 0 spiro atoms. The van der Waals surface area contributed by atoms with Gasteiger partial charge in [-0.15, -0.1) is 12.4 Å². The maximum absolute atomic E-state index is 12.6. The van der Waals surface area contributed by atoms with E-state index in [9.17, 15) is 9.59 Å². The Labute approximate surface area is 172 Å². The molecule has 2 fully saturated rings. The number of rotatable bonds is 5. The summed E-state index contributed by atoms with van der Waals surface area (Å²) in [7, 11) is 1.64. The Balaban J connectivity index is 0.00000280. The summed E-state index contributed by atoms with van der Waals surface area (Å²) < 4.78 is 10.7. The van der Waals surface area contributed by atoms with Gasteiger partial charge >= 0.3 is 0 Å². The first kappa shape index (κ1) is 22.5. The van der Waals surface area contributed by atoms with Crippen LogP contribution in [0.5, 0.6) is 5.75 Å². The van der Waals surface area contributed by atoms with Crippen LogP contribution in [0.1, 0.15) is 18.4 Å². The van der Waals surface area contributed by atoms with Crippen LogP contribution in [0.2, 0.25) is 0 Å². The Morgan fingerprint density at radius 2 is 1.86 bits per heavy atom. The lowest BCUT2D eigenvalue weighted by Crippen LogP contribution is -2.50. The third-order valence-electron chi connectivity index (χ3n) is 5.15. The molecule has 0 radical (unpaired) electrons. The molecule has 2 amide bonds. The van der Waals surface area contributed by atoms with Crippen LogP contribution in [0.15, 0.2) is 24.3 Å². The molecule has 1 N–H and O–H groups in total. The van der Waals surface area contributed by atoms with E-state index in [1.165, 1.54) is 0 Å². The zero-order chi connectivity index (χ0) is 19.1. The second kappa shape index (κ2) is 11.2. The van der Waals surface area contributed by atoms with Gasteiger partial charge in [0, 0.05) is 45.7 Å². The fourth-order valence-electron chi connectivity index (χ4n) is 3.52. The summed E-state index contributed by atoms with van der Waals surface area (Å²) in [5.41, 5.74) is 1.12. The van der Waals surface area contributed by atoms with Crippen LogP contribution in [-0.2, 0) is 20.7 Å². The summed E-state index contributed by atoms with van der Waals surface area (Å²) in [4.78, 5) is 28.9. The lowest BCUT2D eigenvalue weighted by molar-refractivity contribution is -0.145. The first-order valence-corrected chi connectivity index (χ1v) is 9.69. The van der Waals surface area contributed by atoms with E-state index in [0.717, 1.165) is 24.3 Å². The highest BCUT2D eigenvalue weighted by atomic mass is 35.5. The van der Waals surface area contributed by atoms with Crippen molar-refractivity contribution >= 4 is 24.2 Å². The van der Waals surface area contributed by atoms with E-state index < -0.39 is 6.10 Å². The van der Waals surface area contributed by atoms with Crippen molar-refractivity contribution in [2.75, 3.05) is 53.0 Å². The average molecular weight is 412 g/mol. The first-order valence-electron chi connectivity index (χ1n) is 9.69. The predicted octanol–water partition coefficient (Wildman–Crippen LogP) is 1.10. The van der Waals surface area contributed by atoms with Crippen LogP contribution < -0.4 is 10.1 Å². The van der Waals surface area contributed by atoms with Gasteiger partial charge in [0.1, 0.15) is 11.9 Å². The van der Waals surface area contributed by atoms with Crippen molar-refractivity contribution in [1.82, 2.24) is 15.1 Å². The van der Waals surface area contributed by atoms with Gasteiger partial charge < -0.3 is 24.6 Å². The van der Waals surface area contributed by atoms with Gasteiger partial charge in [0.15, 0.2) is 0 Å². The molecule has 2 heterocycles. The molecule has 2 aliphatic rings. The zero-order valence-corrected chi connectivity index (χ0v) is 17.2. The van der Waals surface area contributed by atoms with Crippen molar-refractivity contribution < 1.29 is 19.1 Å². The van der Waals surface area contributed by atoms with E-state index in [0.29, 0.717) is 52.2 Å². The largest absolute Gasteiger partial charge is 0.497 e. The molecule has 2 saturated heterocycles. The molecule has 8 heteroatoms. The molecule has 7 nitrogen and oxygen atoms in total. The predicted molar refractivity (Wildman–Crippen MR) is 109 cm³/mol. The standard InChI is InChI=1S/C20H29N3O4.ClH/c1-26-17-6-3-16(4-7-17)5-8-19(24)22-10-2-11-23(13-12-22)20(25)18-15-21-9-14-27-18;/h3-4,6-7,18,21H,2,5,8-15H2,1H3;1H. The van der Waals surface area contributed by atoms with E-state index in [1.54, 1.807) is 7.11 Å². The summed E-state index contributed by atoms with van der Waals surface area (Å²) in [6.07, 6.45) is 1.61. The topological polar surface area (TPSA) is 71.1 Å². The number of nitrogens with zero attached hydrogens (tertiary/aromatic N) is 2. The normalized spacial score (nSPS) is 20.1. The summed E-state index contributed by atoms with van der Waals surface area (Å²) in [5.74, 6) is 1.00. The Hall–Kier alpha value is -1.83. The number of aryl methyl sites for hydroxylation is 1. The molecule has 0 aliphatic carbocycles. The van der Waals surface area contributed by atoms with E-state index in [2.05, 4.69) is 5.32 Å². The summed E-state index contributed by atoms with van der Waals surface area (Å²) in [6.45, 7) is 4.48. The Kier molecular flexibility index (Phi) is 9.02. The third kappa shape index (κ3) is 6.09. The number of hydrogen-bond donors (Lipinski definition) is 1. The highest BCUT2D eigenvalue weighted by molar-refractivity contribution is 5.85. The second-order valence-electron chi connectivity index (χ2n) is 6.97. The number of halogens is 1. The van der Waals surface area contributed by atoms with Gasteiger partial charge in [0.2, 0.25) is 5.91 Å². The molecule has 0 bridgehead atoms.